The standard InChI is InChI=1S/C29H39Cl2N3O4S/c1-20(28(36)32-22-10-7-6-8-11-22)33(18-24-25(30)12-9-13-26(24)31)27(35)19-34(39(5,37)38)23-16-14-21(15-17-23)29(2,3)4/h9,12-17,20,22H,6-8,10-11,18-19H2,1-5H3,(H,32,36). The Balaban J connectivity index is 1.92. The number of sulfonamides is 1. The van der Waals surface area contributed by atoms with Crippen LogP contribution in [0.5, 0.6) is 0 Å². The van der Waals surface area contributed by atoms with Crippen molar-refractivity contribution < 1.29 is 18.0 Å². The Morgan fingerprint density at radius 2 is 1.56 bits per heavy atom. The summed E-state index contributed by atoms with van der Waals surface area (Å²) in [5.74, 6) is -0.832. The highest BCUT2D eigenvalue weighted by atomic mass is 35.5. The van der Waals surface area contributed by atoms with Crippen LogP contribution in [0.25, 0.3) is 0 Å². The summed E-state index contributed by atoms with van der Waals surface area (Å²) in [5.41, 5.74) is 1.78. The quantitative estimate of drug-likeness (QED) is 0.389. The van der Waals surface area contributed by atoms with E-state index >= 15 is 0 Å². The smallest absolute Gasteiger partial charge is 0.244 e. The van der Waals surface area contributed by atoms with E-state index in [9.17, 15) is 18.0 Å². The first-order valence-corrected chi connectivity index (χ1v) is 15.9. The molecule has 1 aliphatic carbocycles. The van der Waals surface area contributed by atoms with Crippen LogP contribution in [0.3, 0.4) is 0 Å². The van der Waals surface area contributed by atoms with Crippen LogP contribution in [0.2, 0.25) is 10.0 Å². The third kappa shape index (κ3) is 8.35. The molecule has 0 bridgehead atoms. The molecule has 2 aromatic carbocycles. The highest BCUT2D eigenvalue weighted by Crippen LogP contribution is 2.29. The Bertz CT molecular complexity index is 1250. The Kier molecular flexibility index (Phi) is 10.3. The molecular formula is C29H39Cl2N3O4S. The molecule has 1 fully saturated rings. The highest BCUT2D eigenvalue weighted by Gasteiger charge is 2.32. The van der Waals surface area contributed by atoms with Crippen LogP contribution in [0.15, 0.2) is 42.5 Å². The first-order valence-electron chi connectivity index (χ1n) is 13.3. The predicted molar refractivity (Wildman–Crippen MR) is 159 cm³/mol. The topological polar surface area (TPSA) is 86.8 Å². The van der Waals surface area contributed by atoms with E-state index in [4.69, 9.17) is 23.2 Å². The molecule has 39 heavy (non-hydrogen) atoms. The summed E-state index contributed by atoms with van der Waals surface area (Å²) >= 11 is 12.8. The van der Waals surface area contributed by atoms with Gasteiger partial charge >= 0.3 is 0 Å². The van der Waals surface area contributed by atoms with E-state index < -0.39 is 28.5 Å². The number of anilines is 1. The number of hydrogen-bond donors (Lipinski definition) is 1. The van der Waals surface area contributed by atoms with Crippen molar-refractivity contribution in [3.05, 3.63) is 63.6 Å². The molecule has 1 N–H and O–H groups in total. The minimum Gasteiger partial charge on any atom is -0.352 e. The van der Waals surface area contributed by atoms with Crippen LogP contribution in [0.1, 0.15) is 70.9 Å². The summed E-state index contributed by atoms with van der Waals surface area (Å²) in [5, 5.41) is 3.79. The van der Waals surface area contributed by atoms with Crippen LogP contribution >= 0.6 is 23.2 Å². The van der Waals surface area contributed by atoms with Gasteiger partial charge in [-0.15, -0.1) is 0 Å². The number of nitrogens with zero attached hydrogens (tertiary/aromatic N) is 2. The summed E-state index contributed by atoms with van der Waals surface area (Å²) in [6, 6.07) is 11.3. The van der Waals surface area contributed by atoms with E-state index in [1.807, 2.05) is 12.1 Å². The fraction of sp³-hybridized carbons (Fsp3) is 0.517. The van der Waals surface area contributed by atoms with Crippen molar-refractivity contribution in [2.24, 2.45) is 0 Å². The van der Waals surface area contributed by atoms with Gasteiger partial charge in [0.2, 0.25) is 21.8 Å². The van der Waals surface area contributed by atoms with Crippen molar-refractivity contribution in [2.75, 3.05) is 17.1 Å². The van der Waals surface area contributed by atoms with Crippen molar-refractivity contribution in [2.45, 2.75) is 83.8 Å². The molecule has 10 heteroatoms. The fourth-order valence-corrected chi connectivity index (χ4v) is 6.11. The van der Waals surface area contributed by atoms with Crippen LogP contribution in [0.4, 0.5) is 5.69 Å². The Labute approximate surface area is 242 Å². The summed E-state index contributed by atoms with van der Waals surface area (Å²) in [6.45, 7) is 7.32. The molecule has 1 unspecified atom stereocenters. The van der Waals surface area contributed by atoms with Crippen molar-refractivity contribution in [1.82, 2.24) is 10.2 Å². The minimum atomic E-state index is -3.82. The molecule has 2 aromatic rings. The van der Waals surface area contributed by atoms with Crippen molar-refractivity contribution in [3.63, 3.8) is 0 Å². The van der Waals surface area contributed by atoms with E-state index in [0.717, 1.165) is 48.2 Å². The number of nitrogens with one attached hydrogen (secondary N) is 1. The molecule has 3 rings (SSSR count). The SMILES string of the molecule is CC(C(=O)NC1CCCCC1)N(Cc1c(Cl)cccc1Cl)C(=O)CN(c1ccc(C(C)(C)C)cc1)S(C)(=O)=O. The van der Waals surface area contributed by atoms with Gasteiger partial charge in [0.05, 0.1) is 11.9 Å². The van der Waals surface area contributed by atoms with E-state index in [1.165, 1.54) is 4.90 Å². The first-order chi connectivity index (χ1) is 18.2. The van der Waals surface area contributed by atoms with E-state index in [0.29, 0.717) is 21.3 Å². The molecule has 0 saturated heterocycles. The second-order valence-electron chi connectivity index (χ2n) is 11.3. The molecule has 0 radical (unpaired) electrons. The van der Waals surface area contributed by atoms with E-state index in [-0.39, 0.29) is 23.9 Å². The number of halogens is 2. The van der Waals surface area contributed by atoms with Gasteiger partial charge in [-0.25, -0.2) is 8.42 Å². The molecule has 2 amide bonds. The van der Waals surface area contributed by atoms with Gasteiger partial charge in [0, 0.05) is 28.2 Å². The lowest BCUT2D eigenvalue weighted by Gasteiger charge is -2.33. The largest absolute Gasteiger partial charge is 0.352 e. The Hall–Kier alpha value is -2.29. The van der Waals surface area contributed by atoms with Gasteiger partial charge in [0.1, 0.15) is 12.6 Å². The lowest BCUT2D eigenvalue weighted by molar-refractivity contribution is -0.139. The van der Waals surface area contributed by atoms with Crippen molar-refractivity contribution >= 4 is 50.7 Å². The number of rotatable bonds is 9. The zero-order chi connectivity index (χ0) is 29.0. The average Bonchev–Trinajstić information content (AvgIpc) is 2.86. The highest BCUT2D eigenvalue weighted by molar-refractivity contribution is 7.92. The van der Waals surface area contributed by atoms with Gasteiger partial charge in [0.25, 0.3) is 0 Å². The maximum absolute atomic E-state index is 13.8. The lowest BCUT2D eigenvalue weighted by Crippen LogP contribution is -2.53. The van der Waals surface area contributed by atoms with Crippen molar-refractivity contribution in [1.29, 1.82) is 0 Å². The molecule has 7 nitrogen and oxygen atoms in total. The third-order valence-corrected chi connectivity index (χ3v) is 9.06. The van der Waals surface area contributed by atoms with Gasteiger partial charge in [-0.2, -0.15) is 0 Å². The summed E-state index contributed by atoms with van der Waals surface area (Å²) in [7, 11) is -3.82. The molecular weight excluding hydrogens is 557 g/mol. The number of carbonyl (C=O) groups is 2. The molecule has 0 spiro atoms. The molecule has 1 aliphatic rings. The van der Waals surface area contributed by atoms with Gasteiger partial charge in [-0.1, -0.05) is 81.4 Å². The normalized spacial score (nSPS) is 15.5. The third-order valence-electron chi connectivity index (χ3n) is 7.21. The van der Waals surface area contributed by atoms with E-state index in [2.05, 4.69) is 26.1 Å². The average molecular weight is 597 g/mol. The summed E-state index contributed by atoms with van der Waals surface area (Å²) < 4.78 is 26.7. The predicted octanol–water partition coefficient (Wildman–Crippen LogP) is 5.92. The molecule has 0 aliphatic heterocycles. The molecule has 0 heterocycles. The van der Waals surface area contributed by atoms with Gasteiger partial charge in [-0.05, 0) is 55.0 Å². The van der Waals surface area contributed by atoms with Crippen molar-refractivity contribution in [3.8, 4) is 0 Å². The lowest BCUT2D eigenvalue weighted by atomic mass is 9.87. The number of carbonyl (C=O) groups excluding carboxylic acids is 2. The molecule has 1 saturated carbocycles. The second kappa shape index (κ2) is 12.9. The molecule has 0 aromatic heterocycles. The molecule has 1 atom stereocenters. The summed E-state index contributed by atoms with van der Waals surface area (Å²) in [6.07, 6.45) is 6.11. The van der Waals surface area contributed by atoms with E-state index in [1.54, 1.807) is 37.3 Å². The monoisotopic (exact) mass is 595 g/mol. The van der Waals surface area contributed by atoms with Gasteiger partial charge in [0.15, 0.2) is 0 Å². The Morgan fingerprint density at radius 1 is 1.00 bits per heavy atom. The number of amides is 2. The zero-order valence-electron chi connectivity index (χ0n) is 23.3. The number of benzene rings is 2. The fourth-order valence-electron chi connectivity index (χ4n) is 4.75. The van der Waals surface area contributed by atoms with Gasteiger partial charge in [-0.3, -0.25) is 13.9 Å². The van der Waals surface area contributed by atoms with Crippen LogP contribution in [-0.4, -0.2) is 50.0 Å². The second-order valence-corrected chi connectivity index (χ2v) is 14.0. The maximum atomic E-state index is 13.8. The number of hydrogen-bond acceptors (Lipinski definition) is 4. The molecule has 214 valence electrons. The minimum absolute atomic E-state index is 0.0445. The van der Waals surface area contributed by atoms with Crippen LogP contribution in [-0.2, 0) is 31.6 Å². The Morgan fingerprint density at radius 3 is 2.08 bits per heavy atom. The first kappa shape index (κ1) is 31.2. The summed E-state index contributed by atoms with van der Waals surface area (Å²) in [4.78, 5) is 28.5. The maximum Gasteiger partial charge on any atom is 0.244 e. The van der Waals surface area contributed by atoms with Crippen LogP contribution in [0, 0.1) is 0 Å². The van der Waals surface area contributed by atoms with Gasteiger partial charge < -0.3 is 10.2 Å². The van der Waals surface area contributed by atoms with Crippen LogP contribution < -0.4 is 9.62 Å². The zero-order valence-corrected chi connectivity index (χ0v) is 25.7.